The fourth-order valence-electron chi connectivity index (χ4n) is 2.72. The zero-order chi connectivity index (χ0) is 19.4. The summed E-state index contributed by atoms with van der Waals surface area (Å²) in [6, 6.07) is 14.0. The number of piperazine rings is 1. The summed E-state index contributed by atoms with van der Waals surface area (Å²) >= 11 is 13.3. The number of sulfonamides is 1. The quantitative estimate of drug-likeness (QED) is 0.660. The average molecular weight is 445 g/mol. The van der Waals surface area contributed by atoms with Crippen LogP contribution in [0.5, 0.6) is 0 Å². The highest BCUT2D eigenvalue weighted by Gasteiger charge is 2.30. The van der Waals surface area contributed by atoms with Crippen LogP contribution in [0.25, 0.3) is 0 Å². The lowest BCUT2D eigenvalue weighted by atomic mass is 10.3. The first-order valence-corrected chi connectivity index (χ1v) is 11.5. The van der Waals surface area contributed by atoms with E-state index in [1.807, 2.05) is 30.3 Å². The van der Waals surface area contributed by atoms with E-state index >= 15 is 0 Å². The Balaban J connectivity index is 1.57. The van der Waals surface area contributed by atoms with Crippen LogP contribution in [0.1, 0.15) is 0 Å². The van der Waals surface area contributed by atoms with Crippen molar-refractivity contribution in [2.45, 2.75) is 9.79 Å². The van der Waals surface area contributed by atoms with Gasteiger partial charge in [-0.1, -0.05) is 41.4 Å². The molecule has 0 spiro atoms. The van der Waals surface area contributed by atoms with Crippen molar-refractivity contribution < 1.29 is 13.2 Å². The largest absolute Gasteiger partial charge is 0.339 e. The van der Waals surface area contributed by atoms with E-state index in [1.165, 1.54) is 34.3 Å². The summed E-state index contributed by atoms with van der Waals surface area (Å²) in [5, 5.41) is 0.506. The molecule has 9 heteroatoms. The van der Waals surface area contributed by atoms with Crippen molar-refractivity contribution in [2.24, 2.45) is 0 Å². The van der Waals surface area contributed by atoms with Crippen molar-refractivity contribution in [1.29, 1.82) is 0 Å². The average Bonchev–Trinajstić information content (AvgIpc) is 2.69. The van der Waals surface area contributed by atoms with Gasteiger partial charge in [-0.15, -0.1) is 11.8 Å². The van der Waals surface area contributed by atoms with Crippen LogP contribution in [0.2, 0.25) is 10.0 Å². The van der Waals surface area contributed by atoms with Gasteiger partial charge < -0.3 is 4.90 Å². The number of rotatable bonds is 5. The van der Waals surface area contributed by atoms with Gasteiger partial charge in [0.25, 0.3) is 0 Å². The molecule has 0 saturated carbocycles. The van der Waals surface area contributed by atoms with E-state index < -0.39 is 10.0 Å². The Morgan fingerprint density at radius 2 is 1.63 bits per heavy atom. The van der Waals surface area contributed by atoms with Crippen LogP contribution in [0.3, 0.4) is 0 Å². The summed E-state index contributed by atoms with van der Waals surface area (Å²) in [6.45, 7) is 1.25. The Kier molecular flexibility index (Phi) is 6.70. The number of thioether (sulfide) groups is 1. The van der Waals surface area contributed by atoms with Crippen LogP contribution in [-0.2, 0) is 14.8 Å². The van der Waals surface area contributed by atoms with Gasteiger partial charge in [0.15, 0.2) is 0 Å². The number of hydrogen-bond acceptors (Lipinski definition) is 4. The topological polar surface area (TPSA) is 57.7 Å². The van der Waals surface area contributed by atoms with Gasteiger partial charge in [-0.2, -0.15) is 4.31 Å². The number of benzene rings is 2. The number of hydrogen-bond donors (Lipinski definition) is 0. The molecule has 2 aromatic rings. The molecule has 5 nitrogen and oxygen atoms in total. The first-order chi connectivity index (χ1) is 12.9. The molecule has 1 saturated heterocycles. The molecule has 0 radical (unpaired) electrons. The zero-order valence-electron chi connectivity index (χ0n) is 14.3. The van der Waals surface area contributed by atoms with Crippen LogP contribution in [-0.4, -0.2) is 55.5 Å². The van der Waals surface area contributed by atoms with Crippen molar-refractivity contribution in [3.8, 4) is 0 Å². The highest BCUT2D eigenvalue weighted by Crippen LogP contribution is 2.27. The molecule has 0 unspecified atom stereocenters. The van der Waals surface area contributed by atoms with Crippen molar-refractivity contribution in [2.75, 3.05) is 31.9 Å². The maximum atomic E-state index is 12.8. The van der Waals surface area contributed by atoms with Gasteiger partial charge in [-0.3, -0.25) is 4.79 Å². The summed E-state index contributed by atoms with van der Waals surface area (Å²) in [5.41, 5.74) is 0. The molecule has 1 aliphatic rings. The van der Waals surface area contributed by atoms with E-state index in [9.17, 15) is 13.2 Å². The molecule has 1 aliphatic heterocycles. The molecule has 1 amide bonds. The lowest BCUT2D eigenvalue weighted by Gasteiger charge is -2.34. The van der Waals surface area contributed by atoms with E-state index in [4.69, 9.17) is 23.2 Å². The molecule has 0 atom stereocenters. The third kappa shape index (κ3) is 4.97. The van der Waals surface area contributed by atoms with Gasteiger partial charge in [-0.25, -0.2) is 8.42 Å². The van der Waals surface area contributed by atoms with Crippen LogP contribution < -0.4 is 0 Å². The van der Waals surface area contributed by atoms with Gasteiger partial charge in [0.2, 0.25) is 15.9 Å². The minimum atomic E-state index is -3.66. The summed E-state index contributed by atoms with van der Waals surface area (Å²) in [6.07, 6.45) is 0. The lowest BCUT2D eigenvalue weighted by molar-refractivity contribution is -0.129. The molecule has 0 aliphatic carbocycles. The molecular formula is C18H18Cl2N2O3S2. The summed E-state index contributed by atoms with van der Waals surface area (Å²) in [4.78, 5) is 15.2. The normalized spacial score (nSPS) is 15.7. The van der Waals surface area contributed by atoms with E-state index in [1.54, 1.807) is 4.90 Å². The van der Waals surface area contributed by atoms with E-state index in [2.05, 4.69) is 0 Å². The van der Waals surface area contributed by atoms with E-state index in [0.29, 0.717) is 23.9 Å². The number of carbonyl (C=O) groups excluding carboxylic acids is 1. The van der Waals surface area contributed by atoms with Gasteiger partial charge in [0.05, 0.1) is 20.7 Å². The standard InChI is InChI=1S/C18H18Cl2N2O3S2/c19-16-7-6-15(12-17(16)20)27(24,25)22-10-8-21(9-11-22)18(23)13-26-14-4-2-1-3-5-14/h1-7,12H,8-11,13H2. The predicted molar refractivity (Wildman–Crippen MR) is 109 cm³/mol. The lowest BCUT2D eigenvalue weighted by Crippen LogP contribution is -2.50. The van der Waals surface area contributed by atoms with Crippen molar-refractivity contribution in [3.63, 3.8) is 0 Å². The van der Waals surface area contributed by atoms with Crippen molar-refractivity contribution in [3.05, 3.63) is 58.6 Å². The molecule has 2 aromatic carbocycles. The van der Waals surface area contributed by atoms with Gasteiger partial charge in [-0.05, 0) is 30.3 Å². The minimum absolute atomic E-state index is 0.00967. The van der Waals surface area contributed by atoms with Crippen LogP contribution in [0.15, 0.2) is 58.3 Å². The number of amides is 1. The second kappa shape index (κ2) is 8.84. The molecule has 1 fully saturated rings. The fraction of sp³-hybridized carbons (Fsp3) is 0.278. The zero-order valence-corrected chi connectivity index (χ0v) is 17.5. The Morgan fingerprint density at radius 1 is 0.963 bits per heavy atom. The highest BCUT2D eigenvalue weighted by molar-refractivity contribution is 8.00. The molecule has 27 heavy (non-hydrogen) atoms. The first kappa shape index (κ1) is 20.5. The third-order valence-electron chi connectivity index (χ3n) is 4.23. The molecule has 0 bridgehead atoms. The minimum Gasteiger partial charge on any atom is -0.339 e. The molecular weight excluding hydrogens is 427 g/mol. The van der Waals surface area contributed by atoms with E-state index in [-0.39, 0.29) is 28.9 Å². The SMILES string of the molecule is O=C(CSc1ccccc1)N1CCN(S(=O)(=O)c2ccc(Cl)c(Cl)c2)CC1. The van der Waals surface area contributed by atoms with Crippen LogP contribution in [0, 0.1) is 0 Å². The van der Waals surface area contributed by atoms with Crippen molar-refractivity contribution >= 4 is 50.9 Å². The number of halogens is 2. The monoisotopic (exact) mass is 444 g/mol. The predicted octanol–water partition coefficient (Wildman–Crippen LogP) is 3.62. The maximum absolute atomic E-state index is 12.8. The second-order valence-corrected chi connectivity index (χ2v) is 9.76. The Labute approximate surface area is 173 Å². The van der Waals surface area contributed by atoms with Gasteiger partial charge in [0, 0.05) is 31.1 Å². The summed E-state index contributed by atoms with van der Waals surface area (Å²) < 4.78 is 26.9. The van der Waals surface area contributed by atoms with Crippen LogP contribution >= 0.6 is 35.0 Å². The first-order valence-electron chi connectivity index (χ1n) is 8.29. The van der Waals surface area contributed by atoms with Crippen molar-refractivity contribution in [1.82, 2.24) is 9.21 Å². The number of carbonyl (C=O) groups is 1. The fourth-order valence-corrected chi connectivity index (χ4v) is 5.35. The smallest absolute Gasteiger partial charge is 0.243 e. The third-order valence-corrected chi connectivity index (χ3v) is 7.86. The Hall–Kier alpha value is -1.25. The Bertz CT molecular complexity index is 915. The molecule has 0 N–H and O–H groups in total. The summed E-state index contributed by atoms with van der Waals surface area (Å²) in [7, 11) is -3.66. The maximum Gasteiger partial charge on any atom is 0.243 e. The molecule has 144 valence electrons. The molecule has 0 aromatic heterocycles. The number of nitrogens with zero attached hydrogens (tertiary/aromatic N) is 2. The second-order valence-electron chi connectivity index (χ2n) is 5.96. The Morgan fingerprint density at radius 3 is 2.26 bits per heavy atom. The van der Waals surface area contributed by atoms with Gasteiger partial charge in [0.1, 0.15) is 0 Å². The van der Waals surface area contributed by atoms with Gasteiger partial charge >= 0.3 is 0 Å². The van der Waals surface area contributed by atoms with Crippen LogP contribution in [0.4, 0.5) is 0 Å². The van der Waals surface area contributed by atoms with E-state index in [0.717, 1.165) is 4.90 Å². The molecule has 1 heterocycles. The highest BCUT2D eigenvalue weighted by atomic mass is 35.5. The molecule has 3 rings (SSSR count). The summed E-state index contributed by atoms with van der Waals surface area (Å²) in [5.74, 6) is 0.347.